The lowest BCUT2D eigenvalue weighted by Gasteiger charge is -2.26. The molecule has 0 radical (unpaired) electrons. The van der Waals surface area contributed by atoms with Crippen LogP contribution in [-0.2, 0) is 22.9 Å². The van der Waals surface area contributed by atoms with Gasteiger partial charge in [-0.05, 0) is 75.3 Å². The number of primary sulfonamides is 1. The van der Waals surface area contributed by atoms with Crippen LogP contribution >= 0.6 is 15.9 Å². The predicted octanol–water partition coefficient (Wildman–Crippen LogP) is 5.55. The molecule has 7 heteroatoms. The van der Waals surface area contributed by atoms with Gasteiger partial charge < -0.3 is 10.2 Å². The van der Waals surface area contributed by atoms with Crippen molar-refractivity contribution in [3.05, 3.63) is 117 Å². The van der Waals surface area contributed by atoms with Crippen LogP contribution in [0.25, 0.3) is 0 Å². The number of furan rings is 1. The Hall–Kier alpha value is -2.87. The van der Waals surface area contributed by atoms with Crippen LogP contribution < -0.4 is 10.9 Å². The Morgan fingerprint density at radius 3 is 2.18 bits per heavy atom. The Bertz CT molecular complexity index is 1370. The summed E-state index contributed by atoms with van der Waals surface area (Å²) in [5.74, 6) is 0.495. The summed E-state index contributed by atoms with van der Waals surface area (Å²) < 4.78 is 31.6. The predicted molar refractivity (Wildman–Crippen MR) is 135 cm³/mol. The fourth-order valence-electron chi connectivity index (χ4n) is 4.30. The molecule has 33 heavy (non-hydrogen) atoms. The zero-order chi connectivity index (χ0) is 23.6. The lowest BCUT2D eigenvalue weighted by Crippen LogP contribution is -2.20. The largest absolute Gasteiger partial charge is 0.454 e. The van der Waals surface area contributed by atoms with E-state index in [2.05, 4.69) is 40.2 Å². The number of nitrogen functional groups attached to an aromatic ring is 1. The van der Waals surface area contributed by atoms with Crippen LogP contribution in [-0.4, -0.2) is 8.42 Å². The highest BCUT2D eigenvalue weighted by molar-refractivity contribution is 9.10. The molecular weight excluding hydrogens is 500 g/mol. The van der Waals surface area contributed by atoms with Crippen molar-refractivity contribution < 1.29 is 12.8 Å². The lowest BCUT2D eigenvalue weighted by molar-refractivity contribution is 0.496. The molecule has 5 nitrogen and oxygen atoms in total. The molecule has 170 valence electrons. The van der Waals surface area contributed by atoms with E-state index in [1.165, 1.54) is 6.07 Å². The van der Waals surface area contributed by atoms with Gasteiger partial charge in [-0.1, -0.05) is 60.7 Å². The van der Waals surface area contributed by atoms with Gasteiger partial charge in [-0.15, -0.1) is 0 Å². The summed E-state index contributed by atoms with van der Waals surface area (Å²) in [6, 6.07) is 25.2. The first-order valence-corrected chi connectivity index (χ1v) is 12.9. The average molecular weight is 525 g/mol. The van der Waals surface area contributed by atoms with Crippen LogP contribution in [0.1, 0.15) is 39.5 Å². The van der Waals surface area contributed by atoms with Crippen molar-refractivity contribution in [3.63, 3.8) is 0 Å². The van der Waals surface area contributed by atoms with Crippen molar-refractivity contribution in [2.75, 3.05) is 5.73 Å². The minimum Gasteiger partial charge on any atom is -0.454 e. The number of hydrogen-bond donors (Lipinski definition) is 2. The van der Waals surface area contributed by atoms with Gasteiger partial charge in [0.2, 0.25) is 10.0 Å². The number of sulfonamides is 1. The molecule has 0 amide bonds. The van der Waals surface area contributed by atoms with E-state index in [4.69, 9.17) is 15.3 Å². The number of benzene rings is 3. The Morgan fingerprint density at radius 1 is 0.970 bits per heavy atom. The highest BCUT2D eigenvalue weighted by Gasteiger charge is 2.28. The Morgan fingerprint density at radius 2 is 1.61 bits per heavy atom. The quantitative estimate of drug-likeness (QED) is 0.309. The first kappa shape index (κ1) is 23.3. The molecule has 4 rings (SSSR count). The van der Waals surface area contributed by atoms with Crippen molar-refractivity contribution in [1.82, 2.24) is 0 Å². The molecule has 3 aromatic carbocycles. The Labute approximate surface area is 202 Å². The third kappa shape index (κ3) is 5.21. The van der Waals surface area contributed by atoms with E-state index < -0.39 is 10.0 Å². The maximum Gasteiger partial charge on any atom is 0.238 e. The summed E-state index contributed by atoms with van der Waals surface area (Å²) >= 11 is 3.33. The van der Waals surface area contributed by atoms with Gasteiger partial charge in [-0.3, -0.25) is 0 Å². The molecule has 1 heterocycles. The van der Waals surface area contributed by atoms with Crippen molar-refractivity contribution in [1.29, 1.82) is 0 Å². The zero-order valence-corrected chi connectivity index (χ0v) is 20.6. The minimum absolute atomic E-state index is 0.0297. The fraction of sp³-hybridized carbons (Fsp3) is 0.154. The molecular formula is C26H25BrN2O3S. The van der Waals surface area contributed by atoms with Crippen molar-refractivity contribution in [2.45, 2.75) is 30.6 Å². The second kappa shape index (κ2) is 9.55. The molecule has 1 atom stereocenters. The zero-order valence-electron chi connectivity index (χ0n) is 18.2. The summed E-state index contributed by atoms with van der Waals surface area (Å²) in [4.78, 5) is 0.0297. The molecule has 0 spiro atoms. The van der Waals surface area contributed by atoms with Gasteiger partial charge in [-0.2, -0.15) is 0 Å². The smallest absolute Gasteiger partial charge is 0.238 e. The molecule has 1 aromatic heterocycles. The van der Waals surface area contributed by atoms with Crippen LogP contribution in [0.2, 0.25) is 0 Å². The monoisotopic (exact) mass is 524 g/mol. The maximum absolute atomic E-state index is 12.7. The van der Waals surface area contributed by atoms with E-state index >= 15 is 0 Å². The van der Waals surface area contributed by atoms with Crippen LogP contribution in [0, 0.1) is 6.92 Å². The van der Waals surface area contributed by atoms with E-state index in [0.29, 0.717) is 28.1 Å². The number of rotatable bonds is 7. The SMILES string of the molecule is Cc1c(N)cc(S(N)(=O)=O)c(Cc2ccc(Br)o2)c1C(Cc1ccccc1)c1ccccc1. The molecule has 0 aliphatic heterocycles. The van der Waals surface area contributed by atoms with Gasteiger partial charge in [0.25, 0.3) is 0 Å². The molecule has 0 aliphatic rings. The summed E-state index contributed by atoms with van der Waals surface area (Å²) in [5.41, 5.74) is 11.3. The second-order valence-corrected chi connectivity index (χ2v) is 10.4. The standard InChI is InChI=1S/C26H25BrN2O3S/c1-17-23(28)16-24(33(29,30)31)22(15-20-12-13-25(27)32-20)26(17)21(19-10-6-3-7-11-19)14-18-8-4-2-5-9-18/h2-13,16,21H,14-15,28H2,1H3,(H2,29,30,31). The van der Waals surface area contributed by atoms with Gasteiger partial charge >= 0.3 is 0 Å². The van der Waals surface area contributed by atoms with E-state index in [0.717, 1.165) is 22.3 Å². The first-order chi connectivity index (χ1) is 15.7. The second-order valence-electron chi connectivity index (χ2n) is 8.06. The molecule has 0 saturated heterocycles. The number of anilines is 1. The summed E-state index contributed by atoms with van der Waals surface area (Å²) in [6.45, 7) is 1.93. The van der Waals surface area contributed by atoms with E-state index in [1.54, 1.807) is 6.07 Å². The third-order valence-electron chi connectivity index (χ3n) is 5.87. The van der Waals surface area contributed by atoms with Crippen molar-refractivity contribution >= 4 is 31.6 Å². The molecule has 1 unspecified atom stereocenters. The molecule has 0 saturated carbocycles. The van der Waals surface area contributed by atoms with Crippen LogP contribution in [0.5, 0.6) is 0 Å². The van der Waals surface area contributed by atoms with Gasteiger partial charge in [-0.25, -0.2) is 13.6 Å². The van der Waals surface area contributed by atoms with Gasteiger partial charge in [0.15, 0.2) is 4.67 Å². The molecule has 0 bridgehead atoms. The normalized spacial score (nSPS) is 12.6. The van der Waals surface area contributed by atoms with Crippen molar-refractivity contribution in [3.8, 4) is 0 Å². The Balaban J connectivity index is 1.99. The van der Waals surface area contributed by atoms with E-state index in [-0.39, 0.29) is 17.2 Å². The first-order valence-electron chi connectivity index (χ1n) is 10.5. The number of nitrogens with two attached hydrogens (primary N) is 2. The molecule has 0 fully saturated rings. The molecule has 4 N–H and O–H groups in total. The van der Waals surface area contributed by atoms with Crippen LogP contribution in [0.3, 0.4) is 0 Å². The van der Waals surface area contributed by atoms with E-state index in [1.807, 2.05) is 49.4 Å². The fourth-order valence-corrected chi connectivity index (χ4v) is 5.46. The van der Waals surface area contributed by atoms with Gasteiger partial charge in [0.1, 0.15) is 5.76 Å². The minimum atomic E-state index is -4.03. The topological polar surface area (TPSA) is 99.3 Å². The highest BCUT2D eigenvalue weighted by atomic mass is 79.9. The van der Waals surface area contributed by atoms with E-state index in [9.17, 15) is 8.42 Å². The third-order valence-corrected chi connectivity index (χ3v) is 7.27. The van der Waals surface area contributed by atoms with Crippen LogP contribution in [0.15, 0.2) is 92.8 Å². The number of hydrogen-bond acceptors (Lipinski definition) is 4. The summed E-state index contributed by atoms with van der Waals surface area (Å²) in [5, 5.41) is 5.67. The molecule has 0 aliphatic carbocycles. The van der Waals surface area contributed by atoms with Gasteiger partial charge in [0.05, 0.1) is 4.90 Å². The summed E-state index contributed by atoms with van der Waals surface area (Å²) in [7, 11) is -4.03. The lowest BCUT2D eigenvalue weighted by atomic mass is 9.80. The maximum atomic E-state index is 12.7. The Kier molecular flexibility index (Phi) is 6.74. The average Bonchev–Trinajstić information content (AvgIpc) is 3.20. The summed E-state index contributed by atoms with van der Waals surface area (Å²) in [6.07, 6.45) is 0.944. The highest BCUT2D eigenvalue weighted by Crippen LogP contribution is 2.39. The van der Waals surface area contributed by atoms with Crippen LogP contribution in [0.4, 0.5) is 5.69 Å². The molecule has 4 aromatic rings. The van der Waals surface area contributed by atoms with Crippen molar-refractivity contribution in [2.24, 2.45) is 5.14 Å². The number of halogens is 1. The van der Waals surface area contributed by atoms with Gasteiger partial charge in [0, 0.05) is 18.0 Å².